The minimum atomic E-state index is -5.64. The Morgan fingerprint density at radius 1 is 1.11 bits per heavy atom. The van der Waals surface area contributed by atoms with E-state index in [1.54, 1.807) is 0 Å². The zero-order valence-electron chi connectivity index (χ0n) is 18.6. The van der Waals surface area contributed by atoms with Crippen molar-refractivity contribution in [3.8, 4) is 0 Å². The molecular weight excluding hydrogens is 525 g/mol. The average Bonchev–Trinajstić information content (AvgIpc) is 3.28. The summed E-state index contributed by atoms with van der Waals surface area (Å²) in [7, 11) is -5.64. The number of nitrogen functional groups attached to an aromatic ring is 1. The van der Waals surface area contributed by atoms with Crippen LogP contribution in [0.5, 0.6) is 0 Å². The van der Waals surface area contributed by atoms with E-state index in [4.69, 9.17) is 19.7 Å². The van der Waals surface area contributed by atoms with Crippen LogP contribution in [0.2, 0.25) is 0 Å². The Balaban J connectivity index is 1.72. The van der Waals surface area contributed by atoms with E-state index in [1.165, 1.54) is 6.07 Å². The van der Waals surface area contributed by atoms with Crippen LogP contribution in [0.4, 0.5) is 5.82 Å². The van der Waals surface area contributed by atoms with Gasteiger partial charge in [0.05, 0.1) is 12.7 Å². The molecule has 2 fully saturated rings. The van der Waals surface area contributed by atoms with Crippen LogP contribution in [0, 0.1) is 5.92 Å². The second-order valence-corrected chi connectivity index (χ2v) is 9.53. The van der Waals surface area contributed by atoms with Crippen LogP contribution in [0.3, 0.4) is 0 Å². The topological polar surface area (TPSA) is 285 Å². The molecule has 0 aliphatic carbocycles. The summed E-state index contributed by atoms with van der Waals surface area (Å²) < 4.78 is 29.0. The van der Waals surface area contributed by atoms with Crippen molar-refractivity contribution < 1.29 is 48.8 Å². The molecule has 2 aromatic rings. The number of ether oxygens (including phenoxy) is 2. The molecule has 10 atom stereocenters. The van der Waals surface area contributed by atoms with Gasteiger partial charge in [0, 0.05) is 24.4 Å². The molecule has 2 aromatic heterocycles. The fourth-order valence-electron chi connectivity index (χ4n) is 4.50. The second kappa shape index (κ2) is 10.2. The van der Waals surface area contributed by atoms with Crippen molar-refractivity contribution in [2.24, 2.45) is 5.92 Å². The zero-order chi connectivity index (χ0) is 27.2. The highest BCUT2D eigenvalue weighted by Gasteiger charge is 2.57. The lowest BCUT2D eigenvalue weighted by Gasteiger charge is -2.36. The standard InChI is InChI=1S/C18H24N5O13P/c19-7-1-3-22(17(29)20-7)15-10(26)9(6(5-24)34-15)13(36-37(31,32)33)14-11(27)12(28)16(35-14)23-4-2-8(25)21-18(23)30/h1-4,6,9-16,24,26-28H,5H2,(H2,19,20,29)(H,21,25,30)(H2,31,32,33)/p-1. The highest BCUT2D eigenvalue weighted by atomic mass is 31.2. The summed E-state index contributed by atoms with van der Waals surface area (Å²) in [6.07, 6.45) is -12.2. The van der Waals surface area contributed by atoms with E-state index < -0.39 is 86.4 Å². The van der Waals surface area contributed by atoms with Gasteiger partial charge in [0.15, 0.2) is 12.5 Å². The molecular formula is C18H23N5O13P-. The molecule has 10 unspecified atom stereocenters. The van der Waals surface area contributed by atoms with E-state index in [9.17, 15) is 49.2 Å². The lowest BCUT2D eigenvalue weighted by Crippen LogP contribution is -2.50. The Morgan fingerprint density at radius 2 is 1.76 bits per heavy atom. The number of hydrogen-bond acceptors (Lipinski definition) is 14. The molecule has 4 heterocycles. The summed E-state index contributed by atoms with van der Waals surface area (Å²) in [5.41, 5.74) is 2.69. The smallest absolute Gasteiger partial charge is 0.351 e. The van der Waals surface area contributed by atoms with Crippen LogP contribution in [0.1, 0.15) is 12.5 Å². The third-order valence-electron chi connectivity index (χ3n) is 6.09. The van der Waals surface area contributed by atoms with Crippen LogP contribution in [0.25, 0.3) is 0 Å². The number of phosphoric acid groups is 1. The van der Waals surface area contributed by atoms with Gasteiger partial charge in [0.1, 0.15) is 36.3 Å². The van der Waals surface area contributed by atoms with Crippen LogP contribution in [0.15, 0.2) is 38.9 Å². The summed E-state index contributed by atoms with van der Waals surface area (Å²) in [4.78, 5) is 62.4. The number of nitrogens with zero attached hydrogens (tertiary/aromatic N) is 3. The number of hydrogen-bond donors (Lipinski definition) is 7. The Labute approximate surface area is 205 Å². The molecule has 2 aliphatic heterocycles. The number of aromatic nitrogens is 4. The highest BCUT2D eigenvalue weighted by molar-refractivity contribution is 7.44. The van der Waals surface area contributed by atoms with Gasteiger partial charge in [-0.25, -0.2) is 9.59 Å². The summed E-state index contributed by atoms with van der Waals surface area (Å²) in [6.45, 7) is -0.863. The van der Waals surface area contributed by atoms with Gasteiger partial charge in [-0.2, -0.15) is 4.98 Å². The number of rotatable bonds is 7. The maximum atomic E-state index is 12.3. The van der Waals surface area contributed by atoms with Crippen molar-refractivity contribution in [2.45, 2.75) is 49.1 Å². The SMILES string of the molecule is Nc1ccn(C2OC(CO)C(C(OP(=O)([O-])O)C3OC(n4ccc(=O)[nH]c4=O)C(O)C3O)C2O)c(=O)n1. The summed E-state index contributed by atoms with van der Waals surface area (Å²) in [5, 5.41) is 42.1. The second-order valence-electron chi connectivity index (χ2n) is 8.39. The third-order valence-corrected chi connectivity index (χ3v) is 6.60. The van der Waals surface area contributed by atoms with Gasteiger partial charge in [0.25, 0.3) is 13.4 Å². The van der Waals surface area contributed by atoms with E-state index in [0.29, 0.717) is 4.57 Å². The van der Waals surface area contributed by atoms with E-state index in [-0.39, 0.29) is 5.82 Å². The highest BCUT2D eigenvalue weighted by Crippen LogP contribution is 2.46. The zero-order valence-corrected chi connectivity index (χ0v) is 19.5. The first-order valence-corrected chi connectivity index (χ1v) is 12.2. The summed E-state index contributed by atoms with van der Waals surface area (Å²) in [5.74, 6) is -1.75. The molecule has 2 aliphatic rings. The molecule has 0 saturated carbocycles. The van der Waals surface area contributed by atoms with Gasteiger partial charge in [-0.15, -0.1) is 0 Å². The van der Waals surface area contributed by atoms with Crippen LogP contribution < -0.4 is 27.6 Å². The van der Waals surface area contributed by atoms with Crippen LogP contribution in [-0.4, -0.2) is 87.7 Å². The molecule has 37 heavy (non-hydrogen) atoms. The van der Waals surface area contributed by atoms with Crippen molar-refractivity contribution in [1.29, 1.82) is 0 Å². The number of phosphoric ester groups is 1. The van der Waals surface area contributed by atoms with Gasteiger partial charge >= 0.3 is 11.4 Å². The van der Waals surface area contributed by atoms with Crippen molar-refractivity contribution in [3.63, 3.8) is 0 Å². The van der Waals surface area contributed by atoms with Crippen LogP contribution >= 0.6 is 7.82 Å². The Hall–Kier alpha value is -2.77. The van der Waals surface area contributed by atoms with Gasteiger partial charge < -0.3 is 49.9 Å². The molecule has 18 nitrogen and oxygen atoms in total. The molecule has 4 rings (SSSR count). The van der Waals surface area contributed by atoms with Gasteiger partial charge in [0.2, 0.25) is 0 Å². The number of nitrogens with two attached hydrogens (primary N) is 1. The van der Waals surface area contributed by atoms with E-state index in [1.807, 2.05) is 4.98 Å². The van der Waals surface area contributed by atoms with Crippen molar-refractivity contribution >= 4 is 13.6 Å². The van der Waals surface area contributed by atoms with Crippen molar-refractivity contribution in [1.82, 2.24) is 19.1 Å². The number of aliphatic hydroxyl groups is 4. The lowest BCUT2D eigenvalue weighted by molar-refractivity contribution is -0.235. The van der Waals surface area contributed by atoms with E-state index in [2.05, 4.69) is 4.98 Å². The molecule has 8 N–H and O–H groups in total. The largest absolute Gasteiger partial charge is 0.756 e. The molecule has 19 heteroatoms. The quantitative estimate of drug-likeness (QED) is 0.159. The van der Waals surface area contributed by atoms with Gasteiger partial charge in [-0.1, -0.05) is 0 Å². The Bertz CT molecular complexity index is 1360. The molecule has 0 radical (unpaired) electrons. The molecule has 0 amide bonds. The fraction of sp³-hybridized carbons (Fsp3) is 0.556. The maximum Gasteiger partial charge on any atom is 0.351 e. The lowest BCUT2D eigenvalue weighted by atomic mass is 9.87. The normalized spacial score (nSPS) is 34.3. The molecule has 2 saturated heterocycles. The maximum absolute atomic E-state index is 12.3. The number of nitrogens with one attached hydrogen (secondary N) is 1. The number of H-pyrrole nitrogens is 1. The fourth-order valence-corrected chi connectivity index (χ4v) is 5.07. The minimum absolute atomic E-state index is 0.141. The summed E-state index contributed by atoms with van der Waals surface area (Å²) >= 11 is 0. The molecule has 0 spiro atoms. The van der Waals surface area contributed by atoms with E-state index >= 15 is 0 Å². The number of aromatic amines is 1. The minimum Gasteiger partial charge on any atom is -0.756 e. The van der Waals surface area contributed by atoms with Gasteiger partial charge in [-0.05, 0) is 6.07 Å². The van der Waals surface area contributed by atoms with E-state index in [0.717, 1.165) is 23.0 Å². The predicted molar refractivity (Wildman–Crippen MR) is 115 cm³/mol. The first-order chi connectivity index (χ1) is 17.3. The Morgan fingerprint density at radius 3 is 2.35 bits per heavy atom. The number of anilines is 1. The first-order valence-electron chi connectivity index (χ1n) is 10.7. The predicted octanol–water partition coefficient (Wildman–Crippen LogP) is -5.29. The summed E-state index contributed by atoms with van der Waals surface area (Å²) in [6, 6.07) is 2.13. The van der Waals surface area contributed by atoms with Gasteiger partial charge in [-0.3, -0.25) is 23.5 Å². The average molecular weight is 548 g/mol. The monoisotopic (exact) mass is 548 g/mol. The van der Waals surface area contributed by atoms with Crippen LogP contribution in [-0.2, 0) is 18.6 Å². The Kier molecular flexibility index (Phi) is 7.50. The number of aliphatic hydroxyl groups excluding tert-OH is 4. The first kappa shape index (κ1) is 27.3. The third kappa shape index (κ3) is 5.30. The molecule has 0 aromatic carbocycles. The van der Waals surface area contributed by atoms with Crippen molar-refractivity contribution in [2.75, 3.05) is 12.3 Å². The molecule has 0 bridgehead atoms. The molecule has 204 valence electrons. The van der Waals surface area contributed by atoms with Crippen molar-refractivity contribution in [3.05, 3.63) is 55.8 Å².